The number of anilines is 1. The van der Waals surface area contributed by atoms with Crippen molar-refractivity contribution in [1.82, 2.24) is 9.97 Å². The average Bonchev–Trinajstić information content (AvgIpc) is 3.32. The highest BCUT2D eigenvalue weighted by Gasteiger charge is 2.21. The minimum absolute atomic E-state index is 0.0284. The van der Waals surface area contributed by atoms with Gasteiger partial charge in [-0.15, -0.1) is 0 Å². The van der Waals surface area contributed by atoms with Gasteiger partial charge >= 0.3 is 0 Å². The lowest BCUT2D eigenvalue weighted by molar-refractivity contribution is 0.165. The van der Waals surface area contributed by atoms with E-state index < -0.39 is 0 Å². The zero-order valence-corrected chi connectivity index (χ0v) is 18.0. The highest BCUT2D eigenvalue weighted by Crippen LogP contribution is 2.32. The summed E-state index contributed by atoms with van der Waals surface area (Å²) in [5.41, 5.74) is 1.79. The second-order valence-corrected chi connectivity index (χ2v) is 8.53. The van der Waals surface area contributed by atoms with Crippen LogP contribution < -0.4 is 14.8 Å². The first-order valence-electron chi connectivity index (χ1n) is 11.2. The molecule has 0 amide bonds. The lowest BCUT2D eigenvalue weighted by atomic mass is 9.87. The van der Waals surface area contributed by atoms with Gasteiger partial charge < -0.3 is 19.5 Å². The van der Waals surface area contributed by atoms with Crippen LogP contribution in [0.25, 0.3) is 11.1 Å². The van der Waals surface area contributed by atoms with Crippen LogP contribution in [0.15, 0.2) is 30.5 Å². The maximum absolute atomic E-state index is 8.68. The molecule has 0 bridgehead atoms. The summed E-state index contributed by atoms with van der Waals surface area (Å²) in [7, 11) is 0. The molecule has 1 aromatic heterocycles. The molecule has 1 aliphatic heterocycles. The van der Waals surface area contributed by atoms with E-state index in [0.717, 1.165) is 49.5 Å². The third kappa shape index (κ3) is 5.86. The minimum Gasteiger partial charge on any atom is -0.479 e. The van der Waals surface area contributed by atoms with Crippen molar-refractivity contribution < 1.29 is 14.2 Å². The van der Waals surface area contributed by atoms with Gasteiger partial charge in [0.2, 0.25) is 11.8 Å². The maximum atomic E-state index is 8.68. The zero-order valence-electron chi connectivity index (χ0n) is 18.0. The number of rotatable bonds is 8. The molecule has 2 fully saturated rings. The van der Waals surface area contributed by atoms with E-state index >= 15 is 0 Å². The molecule has 7 heteroatoms. The largest absolute Gasteiger partial charge is 0.479 e. The van der Waals surface area contributed by atoms with Gasteiger partial charge in [-0.25, -0.2) is 4.98 Å². The Kier molecular flexibility index (Phi) is 7.21. The zero-order chi connectivity index (χ0) is 21.5. The van der Waals surface area contributed by atoms with Crippen molar-refractivity contribution in [2.75, 3.05) is 31.7 Å². The predicted octanol–water partition coefficient (Wildman–Crippen LogP) is 4.45. The number of hydrogen-bond donors (Lipinski definition) is 1. The summed E-state index contributed by atoms with van der Waals surface area (Å²) in [5.74, 6) is 3.05. The first kappa shape index (κ1) is 21.4. The van der Waals surface area contributed by atoms with Crippen molar-refractivity contribution >= 4 is 5.95 Å². The van der Waals surface area contributed by atoms with E-state index in [2.05, 4.69) is 17.2 Å². The van der Waals surface area contributed by atoms with Gasteiger partial charge in [-0.1, -0.05) is 19.1 Å². The first-order valence-corrected chi connectivity index (χ1v) is 11.2. The molecular weight excluding hydrogens is 392 g/mol. The molecule has 1 unspecified atom stereocenters. The SMILES string of the molecule is C[C@H]1CC[C@H](Nc2ncc(-c3ccc(OCC#N)cc3)c(OCC3CCOC3)n2)CC1. The summed E-state index contributed by atoms with van der Waals surface area (Å²) in [6.45, 7) is 4.45. The third-order valence-electron chi connectivity index (χ3n) is 6.05. The van der Waals surface area contributed by atoms with Crippen molar-refractivity contribution in [2.45, 2.75) is 45.1 Å². The van der Waals surface area contributed by atoms with E-state index in [9.17, 15) is 0 Å². The quantitative estimate of drug-likeness (QED) is 0.672. The van der Waals surface area contributed by atoms with E-state index in [4.69, 9.17) is 24.5 Å². The van der Waals surface area contributed by atoms with Gasteiger partial charge in [-0.3, -0.25) is 0 Å². The van der Waals surface area contributed by atoms with Crippen LogP contribution in [0.1, 0.15) is 39.0 Å². The molecule has 0 spiro atoms. The standard InChI is InChI=1S/C24H30N4O3/c1-17-2-6-20(7-3-17)27-24-26-14-22(19-4-8-21(9-5-19)30-13-11-25)23(28-24)31-16-18-10-12-29-15-18/h4-5,8-9,14,17-18,20H,2-3,6-7,10,12-13,15-16H2,1H3,(H,26,27,28)/t17-,18?,20-. The van der Waals surface area contributed by atoms with E-state index in [0.29, 0.717) is 36.1 Å². The molecule has 1 saturated carbocycles. The van der Waals surface area contributed by atoms with Gasteiger partial charge in [0.1, 0.15) is 11.8 Å². The highest BCUT2D eigenvalue weighted by molar-refractivity contribution is 5.69. The summed E-state index contributed by atoms with van der Waals surface area (Å²) in [4.78, 5) is 9.32. The summed E-state index contributed by atoms with van der Waals surface area (Å²) in [5, 5.41) is 12.2. The molecule has 1 N–H and O–H groups in total. The lowest BCUT2D eigenvalue weighted by Crippen LogP contribution is -2.26. The van der Waals surface area contributed by atoms with E-state index in [-0.39, 0.29) is 6.61 Å². The first-order chi connectivity index (χ1) is 15.2. The smallest absolute Gasteiger partial charge is 0.226 e. The summed E-state index contributed by atoms with van der Waals surface area (Å²) in [6.07, 6.45) is 7.60. The van der Waals surface area contributed by atoms with Crippen molar-refractivity contribution in [3.8, 4) is 28.8 Å². The number of benzene rings is 1. The Morgan fingerprint density at radius 2 is 1.94 bits per heavy atom. The third-order valence-corrected chi connectivity index (χ3v) is 6.05. The van der Waals surface area contributed by atoms with Crippen LogP contribution in [0.3, 0.4) is 0 Å². The fourth-order valence-electron chi connectivity index (χ4n) is 4.09. The van der Waals surface area contributed by atoms with Gasteiger partial charge in [-0.2, -0.15) is 10.2 Å². The predicted molar refractivity (Wildman–Crippen MR) is 118 cm³/mol. The van der Waals surface area contributed by atoms with Gasteiger partial charge in [0.05, 0.1) is 18.8 Å². The number of nitriles is 1. The molecule has 2 aliphatic rings. The number of hydrogen-bond acceptors (Lipinski definition) is 7. The fraction of sp³-hybridized carbons (Fsp3) is 0.542. The number of nitrogens with one attached hydrogen (secondary N) is 1. The molecule has 1 aromatic carbocycles. The number of nitrogens with zero attached hydrogens (tertiary/aromatic N) is 3. The van der Waals surface area contributed by atoms with E-state index in [1.807, 2.05) is 36.5 Å². The van der Waals surface area contributed by atoms with Gasteiger partial charge in [0.15, 0.2) is 6.61 Å². The topological polar surface area (TPSA) is 89.3 Å². The molecule has 2 heterocycles. The highest BCUT2D eigenvalue weighted by atomic mass is 16.5. The van der Waals surface area contributed by atoms with Crippen molar-refractivity contribution in [3.63, 3.8) is 0 Å². The van der Waals surface area contributed by atoms with Gasteiger partial charge in [-0.05, 0) is 55.7 Å². The molecule has 31 heavy (non-hydrogen) atoms. The molecular formula is C24H30N4O3. The van der Waals surface area contributed by atoms with Crippen LogP contribution in [0.2, 0.25) is 0 Å². The van der Waals surface area contributed by atoms with Crippen LogP contribution in [-0.4, -0.2) is 42.4 Å². The van der Waals surface area contributed by atoms with Crippen molar-refractivity contribution in [2.24, 2.45) is 11.8 Å². The van der Waals surface area contributed by atoms with Crippen molar-refractivity contribution in [3.05, 3.63) is 30.5 Å². The van der Waals surface area contributed by atoms with E-state index in [1.165, 1.54) is 12.8 Å². The lowest BCUT2D eigenvalue weighted by Gasteiger charge is -2.27. The Morgan fingerprint density at radius 1 is 1.13 bits per heavy atom. The Hall–Kier alpha value is -2.85. The molecule has 0 radical (unpaired) electrons. The number of ether oxygens (including phenoxy) is 3. The Morgan fingerprint density at radius 3 is 2.65 bits per heavy atom. The second kappa shape index (κ2) is 10.5. The van der Waals surface area contributed by atoms with Gasteiger partial charge in [0.25, 0.3) is 0 Å². The van der Waals surface area contributed by atoms with Gasteiger partial charge in [0, 0.05) is 24.8 Å². The Bertz CT molecular complexity index is 883. The fourth-order valence-corrected chi connectivity index (χ4v) is 4.09. The molecule has 1 aliphatic carbocycles. The summed E-state index contributed by atoms with van der Waals surface area (Å²) >= 11 is 0. The van der Waals surface area contributed by atoms with E-state index in [1.54, 1.807) is 0 Å². The monoisotopic (exact) mass is 422 g/mol. The molecule has 4 rings (SSSR count). The van der Waals surface area contributed by atoms with Crippen LogP contribution >= 0.6 is 0 Å². The van der Waals surface area contributed by atoms with Crippen LogP contribution in [0.4, 0.5) is 5.95 Å². The minimum atomic E-state index is 0.0284. The maximum Gasteiger partial charge on any atom is 0.226 e. The molecule has 164 valence electrons. The average molecular weight is 423 g/mol. The second-order valence-electron chi connectivity index (χ2n) is 8.53. The van der Waals surface area contributed by atoms with Crippen molar-refractivity contribution in [1.29, 1.82) is 5.26 Å². The van der Waals surface area contributed by atoms with Crippen LogP contribution in [-0.2, 0) is 4.74 Å². The molecule has 1 saturated heterocycles. The van der Waals surface area contributed by atoms with Crippen LogP contribution in [0, 0.1) is 23.2 Å². The van der Waals surface area contributed by atoms with Crippen LogP contribution in [0.5, 0.6) is 11.6 Å². The molecule has 2 aromatic rings. The normalized spacial score (nSPS) is 23.2. The summed E-state index contributed by atoms with van der Waals surface area (Å²) in [6, 6.07) is 9.95. The number of aromatic nitrogens is 2. The Labute approximate surface area is 183 Å². The molecule has 1 atom stereocenters. The Balaban J connectivity index is 1.51. The summed E-state index contributed by atoms with van der Waals surface area (Å²) < 4.78 is 17.0. The molecule has 7 nitrogen and oxygen atoms in total.